The van der Waals surface area contributed by atoms with E-state index in [-0.39, 0.29) is 6.03 Å². The molecule has 7 heteroatoms. The Hall–Kier alpha value is -3.22. The fourth-order valence-electron chi connectivity index (χ4n) is 2.30. The average molecular weight is 372 g/mol. The van der Waals surface area contributed by atoms with Gasteiger partial charge in [0.2, 0.25) is 0 Å². The molecule has 0 unspecified atom stereocenters. The predicted molar refractivity (Wildman–Crippen MR) is 103 cm³/mol. The number of methoxy groups -OCH3 is 1. The monoisotopic (exact) mass is 372 g/mol. The molecule has 0 bridgehead atoms. The molecule has 2 N–H and O–H groups in total. The van der Waals surface area contributed by atoms with Crippen LogP contribution in [0.15, 0.2) is 42.5 Å². The Labute approximate surface area is 158 Å². The summed E-state index contributed by atoms with van der Waals surface area (Å²) in [6.07, 6.45) is 0. The molecule has 7 nitrogen and oxygen atoms in total. The highest BCUT2D eigenvalue weighted by Crippen LogP contribution is 2.27. The van der Waals surface area contributed by atoms with Gasteiger partial charge in [-0.2, -0.15) is 0 Å². The molecule has 27 heavy (non-hydrogen) atoms. The van der Waals surface area contributed by atoms with Gasteiger partial charge in [-0.15, -0.1) is 0 Å². The zero-order chi connectivity index (χ0) is 19.6. The topological polar surface area (TPSA) is 85.9 Å². The quantitative estimate of drug-likeness (QED) is 0.548. The lowest BCUT2D eigenvalue weighted by Gasteiger charge is -2.12. The van der Waals surface area contributed by atoms with Gasteiger partial charge >= 0.3 is 12.0 Å². The summed E-state index contributed by atoms with van der Waals surface area (Å²) >= 11 is 0. The van der Waals surface area contributed by atoms with E-state index in [4.69, 9.17) is 14.2 Å². The molecule has 2 aromatic rings. The number of hydrogen-bond acceptors (Lipinski definition) is 5. The van der Waals surface area contributed by atoms with Crippen molar-refractivity contribution in [1.82, 2.24) is 5.32 Å². The smallest absolute Gasteiger partial charge is 0.338 e. The molecule has 0 atom stereocenters. The lowest BCUT2D eigenvalue weighted by molar-refractivity contribution is 0.0526. The molecule has 0 aromatic heterocycles. The van der Waals surface area contributed by atoms with E-state index in [0.29, 0.717) is 42.5 Å². The van der Waals surface area contributed by atoms with E-state index in [1.54, 1.807) is 38.3 Å². The maximum absolute atomic E-state index is 11.9. The largest absolute Gasteiger partial charge is 0.493 e. The Morgan fingerprint density at radius 2 is 1.78 bits per heavy atom. The summed E-state index contributed by atoms with van der Waals surface area (Å²) in [6.45, 7) is 4.66. The van der Waals surface area contributed by atoms with Crippen LogP contribution in [0.2, 0.25) is 0 Å². The van der Waals surface area contributed by atoms with Crippen molar-refractivity contribution < 1.29 is 23.8 Å². The summed E-state index contributed by atoms with van der Waals surface area (Å²) < 4.78 is 15.8. The van der Waals surface area contributed by atoms with Crippen LogP contribution in [0, 0.1) is 6.92 Å². The molecule has 0 heterocycles. The standard InChI is InChI=1S/C20H24N2O5/c1-4-26-19(23)15-6-8-16(9-7-15)22-20(24)21-11-12-27-17-10-5-14(2)13-18(17)25-3/h5-10,13H,4,11-12H2,1-3H3,(H2,21,22,24). The van der Waals surface area contributed by atoms with E-state index >= 15 is 0 Å². The maximum Gasteiger partial charge on any atom is 0.338 e. The van der Waals surface area contributed by atoms with E-state index in [9.17, 15) is 9.59 Å². The van der Waals surface area contributed by atoms with Gasteiger partial charge in [-0.3, -0.25) is 0 Å². The molecular weight excluding hydrogens is 348 g/mol. The van der Waals surface area contributed by atoms with Gasteiger partial charge in [0.05, 0.1) is 25.8 Å². The van der Waals surface area contributed by atoms with Crippen LogP contribution in [0.3, 0.4) is 0 Å². The first-order valence-corrected chi connectivity index (χ1v) is 8.63. The number of amides is 2. The van der Waals surface area contributed by atoms with Gasteiger partial charge in [0.25, 0.3) is 0 Å². The van der Waals surface area contributed by atoms with Crippen LogP contribution >= 0.6 is 0 Å². The summed E-state index contributed by atoms with van der Waals surface area (Å²) in [6, 6.07) is 11.8. The molecule has 0 saturated heterocycles. The van der Waals surface area contributed by atoms with Crippen molar-refractivity contribution in [2.24, 2.45) is 0 Å². The number of nitrogens with one attached hydrogen (secondary N) is 2. The summed E-state index contributed by atoms with van der Waals surface area (Å²) in [5.41, 5.74) is 2.08. The molecular formula is C20H24N2O5. The molecule has 0 spiro atoms. The Balaban J connectivity index is 1.76. The highest BCUT2D eigenvalue weighted by molar-refractivity contribution is 5.92. The molecule has 0 radical (unpaired) electrons. The lowest BCUT2D eigenvalue weighted by atomic mass is 10.2. The second-order valence-corrected chi connectivity index (χ2v) is 5.68. The van der Waals surface area contributed by atoms with Gasteiger partial charge < -0.3 is 24.8 Å². The van der Waals surface area contributed by atoms with Crippen LogP contribution in [-0.4, -0.2) is 38.9 Å². The Kier molecular flexibility index (Phi) is 7.49. The van der Waals surface area contributed by atoms with Crippen LogP contribution in [-0.2, 0) is 4.74 Å². The van der Waals surface area contributed by atoms with Gasteiger partial charge in [-0.05, 0) is 55.8 Å². The minimum Gasteiger partial charge on any atom is -0.493 e. The van der Waals surface area contributed by atoms with Gasteiger partial charge in [-0.1, -0.05) is 6.07 Å². The third-order valence-electron chi connectivity index (χ3n) is 3.62. The molecule has 2 rings (SSSR count). The highest BCUT2D eigenvalue weighted by atomic mass is 16.5. The van der Waals surface area contributed by atoms with E-state index in [1.165, 1.54) is 0 Å². The molecule has 2 amide bonds. The number of benzene rings is 2. The summed E-state index contributed by atoms with van der Waals surface area (Å²) in [5.74, 6) is 0.887. The van der Waals surface area contributed by atoms with Crippen LogP contribution in [0.1, 0.15) is 22.8 Å². The first-order chi connectivity index (χ1) is 13.0. The number of hydrogen-bond donors (Lipinski definition) is 2. The normalized spacial score (nSPS) is 10.0. The minimum absolute atomic E-state index is 0.300. The SMILES string of the molecule is CCOC(=O)c1ccc(NC(=O)NCCOc2ccc(C)cc2OC)cc1. The van der Waals surface area contributed by atoms with E-state index in [1.807, 2.05) is 25.1 Å². The molecule has 0 aliphatic carbocycles. The number of rotatable bonds is 8. The van der Waals surface area contributed by atoms with Crippen LogP contribution in [0.25, 0.3) is 0 Å². The van der Waals surface area contributed by atoms with Crippen molar-refractivity contribution in [3.05, 3.63) is 53.6 Å². The van der Waals surface area contributed by atoms with Gasteiger partial charge in [-0.25, -0.2) is 9.59 Å². The van der Waals surface area contributed by atoms with Crippen molar-refractivity contribution >= 4 is 17.7 Å². The number of aryl methyl sites for hydroxylation is 1. The zero-order valence-corrected chi connectivity index (χ0v) is 15.7. The third-order valence-corrected chi connectivity index (χ3v) is 3.62. The number of carbonyl (C=O) groups excluding carboxylic acids is 2. The Morgan fingerprint density at radius 1 is 1.04 bits per heavy atom. The minimum atomic E-state index is -0.391. The molecule has 0 saturated carbocycles. The van der Waals surface area contributed by atoms with Crippen molar-refractivity contribution in [3.8, 4) is 11.5 Å². The fourth-order valence-corrected chi connectivity index (χ4v) is 2.30. The van der Waals surface area contributed by atoms with Crippen molar-refractivity contribution in [3.63, 3.8) is 0 Å². The number of ether oxygens (including phenoxy) is 3. The Morgan fingerprint density at radius 3 is 2.44 bits per heavy atom. The van der Waals surface area contributed by atoms with Crippen molar-refractivity contribution in [2.75, 3.05) is 32.2 Å². The van der Waals surface area contributed by atoms with E-state index in [0.717, 1.165) is 5.56 Å². The van der Waals surface area contributed by atoms with Gasteiger partial charge in [0.1, 0.15) is 6.61 Å². The van der Waals surface area contributed by atoms with Gasteiger partial charge in [0, 0.05) is 5.69 Å². The molecule has 144 valence electrons. The molecule has 0 aliphatic heterocycles. The Bertz CT molecular complexity index is 774. The second-order valence-electron chi connectivity index (χ2n) is 5.68. The summed E-state index contributed by atoms with van der Waals surface area (Å²) in [4.78, 5) is 23.5. The number of carbonyl (C=O) groups is 2. The highest BCUT2D eigenvalue weighted by Gasteiger charge is 2.08. The number of anilines is 1. The maximum atomic E-state index is 11.9. The van der Waals surface area contributed by atoms with Crippen LogP contribution in [0.4, 0.5) is 10.5 Å². The van der Waals surface area contributed by atoms with Crippen LogP contribution < -0.4 is 20.1 Å². The fraction of sp³-hybridized carbons (Fsp3) is 0.300. The summed E-state index contributed by atoms with van der Waals surface area (Å²) in [7, 11) is 1.58. The number of urea groups is 1. The first-order valence-electron chi connectivity index (χ1n) is 8.63. The predicted octanol–water partition coefficient (Wildman–Crippen LogP) is 3.38. The number of esters is 1. The summed E-state index contributed by atoms with van der Waals surface area (Å²) in [5, 5.41) is 5.39. The lowest BCUT2D eigenvalue weighted by Crippen LogP contribution is -2.32. The van der Waals surface area contributed by atoms with Gasteiger partial charge in [0.15, 0.2) is 11.5 Å². The molecule has 0 fully saturated rings. The average Bonchev–Trinajstić information content (AvgIpc) is 2.66. The molecule has 0 aliphatic rings. The van der Waals surface area contributed by atoms with E-state index in [2.05, 4.69) is 10.6 Å². The third kappa shape index (κ3) is 6.22. The zero-order valence-electron chi connectivity index (χ0n) is 15.7. The van der Waals surface area contributed by atoms with E-state index < -0.39 is 5.97 Å². The molecule has 2 aromatic carbocycles. The van der Waals surface area contributed by atoms with Crippen molar-refractivity contribution in [2.45, 2.75) is 13.8 Å². The second kappa shape index (κ2) is 10.1. The first kappa shape index (κ1) is 20.1. The van der Waals surface area contributed by atoms with Crippen molar-refractivity contribution in [1.29, 1.82) is 0 Å². The van der Waals surface area contributed by atoms with Crippen LogP contribution in [0.5, 0.6) is 11.5 Å².